The number of hydrogen-bond acceptors (Lipinski definition) is 5. The zero-order chi connectivity index (χ0) is 15.7. The molecule has 2 N–H and O–H groups in total. The summed E-state index contributed by atoms with van der Waals surface area (Å²) in [5, 5.41) is 45.1. The smallest absolute Gasteiger partial charge is 0.852 e. The van der Waals surface area contributed by atoms with Gasteiger partial charge in [-0.3, -0.25) is 0 Å². The molecular weight excluding hydrogens is 263 g/mol. The minimum Gasteiger partial charge on any atom is -0.852 e. The van der Waals surface area contributed by atoms with E-state index in [0.717, 1.165) is 0 Å². The maximum Gasteiger partial charge on any atom is 3.00 e. The van der Waals surface area contributed by atoms with Crippen molar-refractivity contribution >= 4 is 17.4 Å². The second-order valence-corrected chi connectivity index (χ2v) is 4.51. The van der Waals surface area contributed by atoms with Gasteiger partial charge in [-0.05, 0) is 13.3 Å². The van der Waals surface area contributed by atoms with Gasteiger partial charge in [0.25, 0.3) is 0 Å². The SMILES string of the molecule is CC(C)[O-].CC(C)[O-].CC(C)[O-].CC(O)CCO.[Al+3]. The fourth-order valence-electron chi connectivity index (χ4n) is 0.187. The van der Waals surface area contributed by atoms with E-state index in [0.29, 0.717) is 6.42 Å². The van der Waals surface area contributed by atoms with Gasteiger partial charge in [0.1, 0.15) is 0 Å². The first-order valence-corrected chi connectivity index (χ1v) is 6.23. The summed E-state index contributed by atoms with van der Waals surface area (Å²) in [6.45, 7) is 11.4. The van der Waals surface area contributed by atoms with Crippen LogP contribution in [0, 0.1) is 0 Å². The normalized spacial score (nSPS) is 10.3. The molecule has 0 spiro atoms. The van der Waals surface area contributed by atoms with Crippen LogP contribution in [0.3, 0.4) is 0 Å². The average Bonchev–Trinajstić information content (AvgIpc) is 1.98. The number of hydrogen-bond donors (Lipinski definition) is 2. The average molecular weight is 294 g/mol. The van der Waals surface area contributed by atoms with Crippen molar-refractivity contribution < 1.29 is 25.5 Å². The molecule has 0 heterocycles. The minimum absolute atomic E-state index is 0. The van der Waals surface area contributed by atoms with Gasteiger partial charge >= 0.3 is 17.4 Å². The Bertz CT molecular complexity index is 97.1. The van der Waals surface area contributed by atoms with E-state index in [-0.39, 0.29) is 30.1 Å². The Balaban J connectivity index is -0.0000000459. The Labute approximate surface area is 129 Å². The minimum atomic E-state index is -0.417. The quantitative estimate of drug-likeness (QED) is 0.611. The van der Waals surface area contributed by atoms with Gasteiger partial charge in [0.2, 0.25) is 0 Å². The predicted molar refractivity (Wildman–Crippen MR) is 74.5 cm³/mol. The van der Waals surface area contributed by atoms with Crippen LogP contribution in [0.5, 0.6) is 0 Å². The molecule has 0 aliphatic heterocycles. The van der Waals surface area contributed by atoms with Crippen molar-refractivity contribution in [2.75, 3.05) is 6.61 Å². The van der Waals surface area contributed by atoms with Gasteiger partial charge in [0, 0.05) is 6.61 Å². The first kappa shape index (κ1) is 31.6. The molecule has 0 rings (SSSR count). The standard InChI is InChI=1S/C4H10O2.3C3H7O.Al/c1-4(6)2-3-5;3*1-3(2)4;/h4-6H,2-3H2,1H3;3*3H,1-2H3;/q;3*-1;+3. The van der Waals surface area contributed by atoms with Crippen molar-refractivity contribution in [3.05, 3.63) is 0 Å². The van der Waals surface area contributed by atoms with E-state index < -0.39 is 18.3 Å². The van der Waals surface area contributed by atoms with E-state index in [2.05, 4.69) is 0 Å². The molecule has 6 heteroatoms. The van der Waals surface area contributed by atoms with Gasteiger partial charge < -0.3 is 25.5 Å². The van der Waals surface area contributed by atoms with Gasteiger partial charge in [0.05, 0.1) is 6.10 Å². The molecule has 0 radical (unpaired) electrons. The zero-order valence-corrected chi connectivity index (χ0v) is 14.6. The molecular formula is C13H31AlO5. The van der Waals surface area contributed by atoms with Crippen LogP contribution < -0.4 is 15.3 Å². The molecule has 0 bridgehead atoms. The topological polar surface area (TPSA) is 110 Å². The Kier molecular flexibility index (Phi) is 44.6. The van der Waals surface area contributed by atoms with E-state index in [1.54, 1.807) is 48.5 Å². The number of rotatable bonds is 2. The van der Waals surface area contributed by atoms with Gasteiger partial charge in [-0.25, -0.2) is 0 Å². The maximum absolute atomic E-state index is 9.53. The molecule has 0 saturated heterocycles. The fourth-order valence-corrected chi connectivity index (χ4v) is 0.187. The molecule has 5 nitrogen and oxygen atoms in total. The molecule has 0 aromatic heterocycles. The first-order valence-electron chi connectivity index (χ1n) is 6.23. The molecule has 1 atom stereocenters. The second-order valence-electron chi connectivity index (χ2n) is 4.51. The Hall–Kier alpha value is 0.332. The molecule has 0 aliphatic carbocycles. The van der Waals surface area contributed by atoms with Gasteiger partial charge in [0.15, 0.2) is 0 Å². The Morgan fingerprint density at radius 3 is 0.895 bits per heavy atom. The van der Waals surface area contributed by atoms with Crippen molar-refractivity contribution in [2.24, 2.45) is 0 Å². The number of aliphatic hydroxyl groups is 2. The predicted octanol–water partition coefficient (Wildman–Crippen LogP) is -1.37. The molecule has 116 valence electrons. The summed E-state index contributed by atoms with van der Waals surface area (Å²) >= 11 is 0. The summed E-state index contributed by atoms with van der Waals surface area (Å²) in [7, 11) is 0. The molecule has 0 saturated carbocycles. The third-order valence-electron chi connectivity index (χ3n) is 0.547. The van der Waals surface area contributed by atoms with Crippen LogP contribution in [0.1, 0.15) is 54.9 Å². The van der Waals surface area contributed by atoms with Crippen LogP contribution in [0.2, 0.25) is 0 Å². The summed E-state index contributed by atoms with van der Waals surface area (Å²) in [4.78, 5) is 0. The van der Waals surface area contributed by atoms with E-state index in [4.69, 9.17) is 10.2 Å². The maximum atomic E-state index is 9.53. The van der Waals surface area contributed by atoms with Gasteiger partial charge in [-0.1, -0.05) is 41.5 Å². The molecule has 0 aromatic carbocycles. The van der Waals surface area contributed by atoms with Crippen LogP contribution >= 0.6 is 0 Å². The Morgan fingerprint density at radius 1 is 0.737 bits per heavy atom. The van der Waals surface area contributed by atoms with Gasteiger partial charge in [-0.2, -0.15) is 0 Å². The van der Waals surface area contributed by atoms with Crippen LogP contribution in [0.4, 0.5) is 0 Å². The van der Waals surface area contributed by atoms with Crippen molar-refractivity contribution in [1.82, 2.24) is 0 Å². The zero-order valence-electron chi connectivity index (χ0n) is 13.4. The summed E-state index contributed by atoms with van der Waals surface area (Å²) in [5.41, 5.74) is 0. The number of aliphatic hydroxyl groups excluding tert-OH is 2. The third kappa shape index (κ3) is 440. The molecule has 19 heavy (non-hydrogen) atoms. The van der Waals surface area contributed by atoms with Gasteiger partial charge in [-0.15, -0.1) is 18.3 Å². The van der Waals surface area contributed by atoms with Crippen molar-refractivity contribution in [3.63, 3.8) is 0 Å². The largest absolute Gasteiger partial charge is 3.00 e. The van der Waals surface area contributed by atoms with E-state index in [1.807, 2.05) is 0 Å². The van der Waals surface area contributed by atoms with Crippen molar-refractivity contribution in [1.29, 1.82) is 0 Å². The molecule has 0 amide bonds. The van der Waals surface area contributed by atoms with Crippen LogP contribution in [-0.4, -0.2) is 58.6 Å². The fraction of sp³-hybridized carbons (Fsp3) is 1.00. The third-order valence-corrected chi connectivity index (χ3v) is 0.547. The molecule has 0 aliphatic rings. The monoisotopic (exact) mass is 294 g/mol. The van der Waals surface area contributed by atoms with Crippen LogP contribution in [0.15, 0.2) is 0 Å². The summed E-state index contributed by atoms with van der Waals surface area (Å²) < 4.78 is 0. The Morgan fingerprint density at radius 2 is 0.895 bits per heavy atom. The molecule has 0 fully saturated rings. The molecule has 0 aromatic rings. The van der Waals surface area contributed by atoms with E-state index in [1.165, 1.54) is 0 Å². The van der Waals surface area contributed by atoms with Crippen molar-refractivity contribution in [2.45, 2.75) is 79.3 Å². The van der Waals surface area contributed by atoms with E-state index >= 15 is 0 Å². The molecule has 1 unspecified atom stereocenters. The summed E-state index contributed by atoms with van der Waals surface area (Å²) in [6.07, 6.45) is -1.12. The summed E-state index contributed by atoms with van der Waals surface area (Å²) in [5.74, 6) is 0. The van der Waals surface area contributed by atoms with Crippen LogP contribution in [-0.2, 0) is 0 Å². The first-order chi connectivity index (χ1) is 7.97. The van der Waals surface area contributed by atoms with Crippen LogP contribution in [0.25, 0.3) is 0 Å². The van der Waals surface area contributed by atoms with E-state index in [9.17, 15) is 15.3 Å². The summed E-state index contributed by atoms with van der Waals surface area (Å²) in [6, 6.07) is 0. The van der Waals surface area contributed by atoms with Crippen molar-refractivity contribution in [3.8, 4) is 0 Å². The second kappa shape index (κ2) is 26.8.